The lowest BCUT2D eigenvalue weighted by Crippen LogP contribution is -2.25. The number of rotatable bonds is 12. The number of aryl methyl sites for hydroxylation is 1. The van der Waals surface area contributed by atoms with Gasteiger partial charge in [0.1, 0.15) is 5.82 Å². The first kappa shape index (κ1) is 23.5. The van der Waals surface area contributed by atoms with E-state index in [-0.39, 0.29) is 12.5 Å². The highest BCUT2D eigenvalue weighted by atomic mass is 32.2. The number of nitrogens with one attached hydrogen (secondary N) is 1. The van der Waals surface area contributed by atoms with Crippen molar-refractivity contribution >= 4 is 23.6 Å². The zero-order valence-electron chi connectivity index (χ0n) is 17.8. The van der Waals surface area contributed by atoms with Crippen LogP contribution in [0.1, 0.15) is 36.5 Å². The molecule has 9 nitrogen and oxygen atoms in total. The molecule has 0 saturated carbocycles. The van der Waals surface area contributed by atoms with Crippen LogP contribution < -0.4 is 20.5 Å². The number of hydrogen-bond acceptors (Lipinski definition) is 7. The molecule has 2 rings (SSSR count). The second kappa shape index (κ2) is 11.4. The molecule has 0 aliphatic heterocycles. The minimum Gasteiger partial charge on any atom is -0.493 e. The summed E-state index contributed by atoms with van der Waals surface area (Å²) in [7, 11) is 1.46. The summed E-state index contributed by atoms with van der Waals surface area (Å²) in [6, 6.07) is 4.75. The average molecular weight is 436 g/mol. The SMILES string of the molecule is COc1cc(C(=O)NCCCc2nnc(SC)n2CC(C)C)ccc1OCC(N)=O. The van der Waals surface area contributed by atoms with Gasteiger partial charge in [-0.25, -0.2) is 0 Å². The summed E-state index contributed by atoms with van der Waals surface area (Å²) in [6.45, 7) is 5.43. The second-order valence-electron chi connectivity index (χ2n) is 7.09. The van der Waals surface area contributed by atoms with E-state index in [0.717, 1.165) is 30.4 Å². The van der Waals surface area contributed by atoms with Gasteiger partial charge in [-0.05, 0) is 36.8 Å². The van der Waals surface area contributed by atoms with Gasteiger partial charge in [-0.2, -0.15) is 0 Å². The van der Waals surface area contributed by atoms with Crippen LogP contribution in [0.4, 0.5) is 0 Å². The van der Waals surface area contributed by atoms with E-state index >= 15 is 0 Å². The maximum atomic E-state index is 12.4. The number of primary amides is 1. The Labute approximate surface area is 180 Å². The standard InChI is InChI=1S/C20H29N5O4S/c1-13(2)11-25-18(23-24-20(25)30-4)6-5-9-22-19(27)14-7-8-15(16(10-14)28-3)29-12-17(21)26/h7-8,10,13H,5-6,9,11-12H2,1-4H3,(H2,21,26)(H,22,27). The van der Waals surface area contributed by atoms with Crippen molar-refractivity contribution in [2.24, 2.45) is 11.7 Å². The van der Waals surface area contributed by atoms with Crippen molar-refractivity contribution in [3.8, 4) is 11.5 Å². The molecule has 2 amide bonds. The molecule has 2 aromatic rings. The van der Waals surface area contributed by atoms with E-state index in [0.29, 0.717) is 29.5 Å². The molecule has 0 bridgehead atoms. The molecule has 1 aromatic heterocycles. The minimum absolute atomic E-state index is 0.219. The third kappa shape index (κ3) is 6.65. The second-order valence-corrected chi connectivity index (χ2v) is 7.86. The molecular formula is C20H29N5O4S. The van der Waals surface area contributed by atoms with Crippen molar-refractivity contribution in [1.82, 2.24) is 20.1 Å². The Morgan fingerprint density at radius 1 is 1.27 bits per heavy atom. The Kier molecular flexibility index (Phi) is 8.97. The van der Waals surface area contributed by atoms with Crippen molar-refractivity contribution < 1.29 is 19.1 Å². The molecule has 0 saturated heterocycles. The predicted octanol–water partition coefficient (Wildman–Crippen LogP) is 1.89. The largest absolute Gasteiger partial charge is 0.493 e. The van der Waals surface area contributed by atoms with Gasteiger partial charge >= 0.3 is 0 Å². The zero-order chi connectivity index (χ0) is 22.1. The van der Waals surface area contributed by atoms with Gasteiger partial charge in [0.25, 0.3) is 11.8 Å². The fourth-order valence-electron chi connectivity index (χ4n) is 2.83. The number of nitrogens with two attached hydrogens (primary N) is 1. The zero-order valence-corrected chi connectivity index (χ0v) is 18.6. The molecule has 0 atom stereocenters. The third-order valence-electron chi connectivity index (χ3n) is 4.18. The summed E-state index contributed by atoms with van der Waals surface area (Å²) < 4.78 is 12.7. The number of aromatic nitrogens is 3. The maximum Gasteiger partial charge on any atom is 0.255 e. The number of amides is 2. The van der Waals surface area contributed by atoms with Crippen molar-refractivity contribution in [3.63, 3.8) is 0 Å². The van der Waals surface area contributed by atoms with E-state index in [1.165, 1.54) is 7.11 Å². The summed E-state index contributed by atoms with van der Waals surface area (Å²) >= 11 is 1.58. The van der Waals surface area contributed by atoms with Gasteiger partial charge in [0.05, 0.1) is 7.11 Å². The molecule has 0 aliphatic carbocycles. The maximum absolute atomic E-state index is 12.4. The molecule has 0 radical (unpaired) electrons. The molecule has 1 aromatic carbocycles. The van der Waals surface area contributed by atoms with Crippen molar-refractivity contribution in [2.45, 2.75) is 38.4 Å². The molecule has 164 valence electrons. The van der Waals surface area contributed by atoms with E-state index in [9.17, 15) is 9.59 Å². The predicted molar refractivity (Wildman–Crippen MR) is 115 cm³/mol. The summed E-state index contributed by atoms with van der Waals surface area (Å²) in [4.78, 5) is 23.3. The highest BCUT2D eigenvalue weighted by molar-refractivity contribution is 7.98. The smallest absolute Gasteiger partial charge is 0.255 e. The molecule has 0 aliphatic rings. The highest BCUT2D eigenvalue weighted by Crippen LogP contribution is 2.28. The highest BCUT2D eigenvalue weighted by Gasteiger charge is 2.14. The summed E-state index contributed by atoms with van der Waals surface area (Å²) in [5, 5.41) is 12.3. The number of carbonyl (C=O) groups excluding carboxylic acids is 2. The van der Waals surface area contributed by atoms with Crippen LogP contribution in [0.15, 0.2) is 23.4 Å². The Bertz CT molecular complexity index is 869. The van der Waals surface area contributed by atoms with E-state index in [1.807, 2.05) is 6.26 Å². The average Bonchev–Trinajstić information content (AvgIpc) is 3.10. The van der Waals surface area contributed by atoms with Crippen LogP contribution in [0.2, 0.25) is 0 Å². The molecule has 3 N–H and O–H groups in total. The number of benzene rings is 1. The topological polar surface area (TPSA) is 121 Å². The Morgan fingerprint density at radius 2 is 2.03 bits per heavy atom. The van der Waals surface area contributed by atoms with Gasteiger partial charge in [0.15, 0.2) is 23.3 Å². The monoisotopic (exact) mass is 435 g/mol. The van der Waals surface area contributed by atoms with Crippen molar-refractivity contribution in [2.75, 3.05) is 26.5 Å². The van der Waals surface area contributed by atoms with Crippen molar-refractivity contribution in [3.05, 3.63) is 29.6 Å². The number of methoxy groups -OCH3 is 1. The Hall–Kier alpha value is -2.75. The fourth-order valence-corrected chi connectivity index (χ4v) is 3.35. The number of nitrogens with zero attached hydrogens (tertiary/aromatic N) is 3. The Morgan fingerprint density at radius 3 is 2.67 bits per heavy atom. The molecule has 10 heteroatoms. The van der Waals surface area contributed by atoms with Crippen LogP contribution in [0.5, 0.6) is 11.5 Å². The summed E-state index contributed by atoms with van der Waals surface area (Å²) in [5.41, 5.74) is 5.52. The van der Waals surface area contributed by atoms with Crippen LogP contribution in [0.3, 0.4) is 0 Å². The molecule has 0 unspecified atom stereocenters. The van der Waals surface area contributed by atoms with Crippen molar-refractivity contribution in [1.29, 1.82) is 0 Å². The van der Waals surface area contributed by atoms with Gasteiger partial charge in [0.2, 0.25) is 0 Å². The molecule has 30 heavy (non-hydrogen) atoms. The van der Waals surface area contributed by atoms with Crippen LogP contribution in [-0.2, 0) is 17.8 Å². The summed E-state index contributed by atoms with van der Waals surface area (Å²) in [6.07, 6.45) is 3.46. The van der Waals surface area contributed by atoms with Crippen LogP contribution in [0, 0.1) is 5.92 Å². The lowest BCUT2D eigenvalue weighted by atomic mass is 10.2. The first-order valence-corrected chi connectivity index (χ1v) is 10.9. The molecule has 1 heterocycles. The van der Waals surface area contributed by atoms with Gasteiger partial charge in [-0.1, -0.05) is 25.6 Å². The van der Waals surface area contributed by atoms with Crippen LogP contribution in [-0.4, -0.2) is 53.1 Å². The first-order chi connectivity index (χ1) is 14.3. The molecule has 0 spiro atoms. The lowest BCUT2D eigenvalue weighted by molar-refractivity contribution is -0.119. The van der Waals surface area contributed by atoms with E-state index in [1.54, 1.807) is 30.0 Å². The van der Waals surface area contributed by atoms with Gasteiger partial charge in [0, 0.05) is 25.1 Å². The molecule has 0 fully saturated rings. The minimum atomic E-state index is -0.590. The van der Waals surface area contributed by atoms with E-state index in [4.69, 9.17) is 15.2 Å². The number of ether oxygens (including phenoxy) is 2. The molecular weight excluding hydrogens is 406 g/mol. The Balaban J connectivity index is 1.91. The third-order valence-corrected chi connectivity index (χ3v) is 4.85. The lowest BCUT2D eigenvalue weighted by Gasteiger charge is -2.12. The number of hydrogen-bond donors (Lipinski definition) is 2. The summed E-state index contributed by atoms with van der Waals surface area (Å²) in [5.74, 6) is 1.32. The quantitative estimate of drug-likeness (QED) is 0.386. The van der Waals surface area contributed by atoms with Gasteiger partial charge in [-0.15, -0.1) is 10.2 Å². The first-order valence-electron chi connectivity index (χ1n) is 9.69. The van der Waals surface area contributed by atoms with Crippen LogP contribution >= 0.6 is 11.8 Å². The fraction of sp³-hybridized carbons (Fsp3) is 0.500. The van der Waals surface area contributed by atoms with Gasteiger partial charge in [-0.3, -0.25) is 9.59 Å². The van der Waals surface area contributed by atoms with Gasteiger partial charge < -0.3 is 25.1 Å². The van der Waals surface area contributed by atoms with E-state index < -0.39 is 5.91 Å². The number of carbonyl (C=O) groups is 2. The van der Waals surface area contributed by atoms with Crippen LogP contribution in [0.25, 0.3) is 0 Å². The number of thioether (sulfide) groups is 1. The normalized spacial score (nSPS) is 10.8. The van der Waals surface area contributed by atoms with E-state index in [2.05, 4.69) is 33.9 Å².